The van der Waals surface area contributed by atoms with Gasteiger partial charge in [0.05, 0.1) is 6.26 Å². The van der Waals surface area contributed by atoms with Crippen molar-refractivity contribution >= 4 is 0 Å². The van der Waals surface area contributed by atoms with Gasteiger partial charge in [-0.1, -0.05) is 6.92 Å². The molecule has 4 heteroatoms. The highest BCUT2D eigenvalue weighted by molar-refractivity contribution is 5.09. The van der Waals surface area contributed by atoms with Gasteiger partial charge in [-0.25, -0.2) is 0 Å². The SMILES string of the molecule is CCCn1ccc(CNCCCOCc2ccco2)c1. The van der Waals surface area contributed by atoms with E-state index in [9.17, 15) is 0 Å². The Labute approximate surface area is 120 Å². The van der Waals surface area contributed by atoms with E-state index in [2.05, 4.69) is 35.3 Å². The zero-order valence-electron chi connectivity index (χ0n) is 12.2. The Morgan fingerprint density at radius 2 is 2.30 bits per heavy atom. The zero-order valence-corrected chi connectivity index (χ0v) is 12.2. The third-order valence-electron chi connectivity index (χ3n) is 3.09. The van der Waals surface area contributed by atoms with Crippen molar-refractivity contribution < 1.29 is 9.15 Å². The molecule has 1 N–H and O–H groups in total. The number of furan rings is 1. The summed E-state index contributed by atoms with van der Waals surface area (Å²) in [6, 6.07) is 5.99. The van der Waals surface area contributed by atoms with Crippen molar-refractivity contribution in [3.63, 3.8) is 0 Å². The number of hydrogen-bond donors (Lipinski definition) is 1. The van der Waals surface area contributed by atoms with Gasteiger partial charge in [-0.15, -0.1) is 0 Å². The van der Waals surface area contributed by atoms with Gasteiger partial charge in [0.2, 0.25) is 0 Å². The lowest BCUT2D eigenvalue weighted by molar-refractivity contribution is 0.104. The van der Waals surface area contributed by atoms with Gasteiger partial charge in [-0.3, -0.25) is 0 Å². The normalized spacial score (nSPS) is 11.1. The van der Waals surface area contributed by atoms with E-state index in [0.717, 1.165) is 38.4 Å². The first kappa shape index (κ1) is 14.9. The summed E-state index contributed by atoms with van der Waals surface area (Å²) in [7, 11) is 0. The molecule has 2 aromatic heterocycles. The standard InChI is InChI=1S/C16H24N2O2/c1-2-8-18-9-6-15(13-18)12-17-7-4-10-19-14-16-5-3-11-20-16/h3,5-6,9,11,13,17H,2,4,7-8,10,12,14H2,1H3. The second kappa shape index (κ2) is 8.61. The van der Waals surface area contributed by atoms with Crippen LogP contribution in [0.25, 0.3) is 0 Å². The fraction of sp³-hybridized carbons (Fsp3) is 0.500. The Hall–Kier alpha value is -1.52. The summed E-state index contributed by atoms with van der Waals surface area (Å²) < 4.78 is 13.0. The van der Waals surface area contributed by atoms with Gasteiger partial charge >= 0.3 is 0 Å². The molecule has 0 fully saturated rings. The maximum absolute atomic E-state index is 5.53. The number of rotatable bonds is 10. The van der Waals surface area contributed by atoms with Crippen LogP contribution < -0.4 is 5.32 Å². The molecule has 0 amide bonds. The predicted octanol–water partition coefficient (Wildman–Crippen LogP) is 3.19. The second-order valence-corrected chi connectivity index (χ2v) is 4.92. The molecule has 4 nitrogen and oxygen atoms in total. The monoisotopic (exact) mass is 276 g/mol. The van der Waals surface area contributed by atoms with E-state index in [4.69, 9.17) is 9.15 Å². The van der Waals surface area contributed by atoms with Crippen molar-refractivity contribution in [3.8, 4) is 0 Å². The molecule has 0 radical (unpaired) electrons. The molecule has 2 aromatic rings. The van der Waals surface area contributed by atoms with Crippen LogP contribution in [0.1, 0.15) is 31.1 Å². The number of aryl methyl sites for hydroxylation is 1. The molecule has 2 rings (SSSR count). The van der Waals surface area contributed by atoms with Crippen molar-refractivity contribution in [1.29, 1.82) is 0 Å². The summed E-state index contributed by atoms with van der Waals surface area (Å²) in [5.41, 5.74) is 1.34. The molecule has 0 aliphatic carbocycles. The number of nitrogens with one attached hydrogen (secondary N) is 1. The van der Waals surface area contributed by atoms with Gasteiger partial charge in [-0.05, 0) is 43.1 Å². The molecule has 0 atom stereocenters. The van der Waals surface area contributed by atoms with Gasteiger partial charge in [0.25, 0.3) is 0 Å². The summed E-state index contributed by atoms with van der Waals surface area (Å²) in [5.74, 6) is 0.884. The second-order valence-electron chi connectivity index (χ2n) is 4.92. The zero-order chi connectivity index (χ0) is 14.0. The highest BCUT2D eigenvalue weighted by atomic mass is 16.5. The Bertz CT molecular complexity index is 463. The highest BCUT2D eigenvalue weighted by Crippen LogP contribution is 2.03. The first-order valence-electron chi connectivity index (χ1n) is 7.34. The van der Waals surface area contributed by atoms with Crippen LogP contribution in [-0.4, -0.2) is 17.7 Å². The number of aromatic nitrogens is 1. The molecule has 0 aliphatic rings. The van der Waals surface area contributed by atoms with Crippen molar-refractivity contribution in [2.75, 3.05) is 13.2 Å². The largest absolute Gasteiger partial charge is 0.467 e. The van der Waals surface area contributed by atoms with Crippen molar-refractivity contribution in [1.82, 2.24) is 9.88 Å². The predicted molar refractivity (Wildman–Crippen MR) is 79.4 cm³/mol. The van der Waals surface area contributed by atoms with Crippen molar-refractivity contribution in [3.05, 3.63) is 48.2 Å². The van der Waals surface area contributed by atoms with Crippen LogP contribution in [0.2, 0.25) is 0 Å². The minimum Gasteiger partial charge on any atom is -0.467 e. The minimum atomic E-state index is 0.562. The lowest BCUT2D eigenvalue weighted by Crippen LogP contribution is -2.16. The first-order valence-corrected chi connectivity index (χ1v) is 7.34. The quantitative estimate of drug-likeness (QED) is 0.677. The molecule has 20 heavy (non-hydrogen) atoms. The number of nitrogens with zero attached hydrogens (tertiary/aromatic N) is 1. The molecular formula is C16H24N2O2. The van der Waals surface area contributed by atoms with E-state index in [1.807, 2.05) is 12.1 Å². The summed E-state index contributed by atoms with van der Waals surface area (Å²) >= 11 is 0. The Kier molecular flexibility index (Phi) is 6.41. The summed E-state index contributed by atoms with van der Waals surface area (Å²) in [6.07, 6.45) is 8.22. The molecule has 0 aromatic carbocycles. The van der Waals surface area contributed by atoms with Crippen LogP contribution in [0, 0.1) is 0 Å². The Morgan fingerprint density at radius 1 is 1.35 bits per heavy atom. The van der Waals surface area contributed by atoms with E-state index >= 15 is 0 Å². The molecule has 0 aliphatic heterocycles. The Morgan fingerprint density at radius 3 is 3.10 bits per heavy atom. The van der Waals surface area contributed by atoms with Gasteiger partial charge in [0.15, 0.2) is 0 Å². The highest BCUT2D eigenvalue weighted by Gasteiger charge is 1.97. The van der Waals surface area contributed by atoms with Crippen LogP contribution in [-0.2, 0) is 24.4 Å². The average molecular weight is 276 g/mol. The third kappa shape index (κ3) is 5.23. The third-order valence-corrected chi connectivity index (χ3v) is 3.09. The van der Waals surface area contributed by atoms with E-state index in [0.29, 0.717) is 6.61 Å². The first-order chi connectivity index (χ1) is 9.88. The van der Waals surface area contributed by atoms with E-state index in [-0.39, 0.29) is 0 Å². The smallest absolute Gasteiger partial charge is 0.129 e. The molecule has 0 saturated carbocycles. The summed E-state index contributed by atoms with van der Waals surface area (Å²) in [4.78, 5) is 0. The average Bonchev–Trinajstić information content (AvgIpc) is 3.10. The van der Waals surface area contributed by atoms with Gasteiger partial charge in [0, 0.05) is 32.1 Å². The summed E-state index contributed by atoms with van der Waals surface area (Å²) in [6.45, 7) is 6.50. The van der Waals surface area contributed by atoms with Crippen LogP contribution >= 0.6 is 0 Å². The fourth-order valence-corrected chi connectivity index (χ4v) is 2.09. The molecule has 2 heterocycles. The van der Waals surface area contributed by atoms with E-state index in [1.165, 1.54) is 12.0 Å². The minimum absolute atomic E-state index is 0.562. The number of ether oxygens (including phenoxy) is 1. The van der Waals surface area contributed by atoms with Crippen LogP contribution in [0.3, 0.4) is 0 Å². The lowest BCUT2D eigenvalue weighted by atomic mass is 10.3. The Balaban J connectivity index is 1.48. The number of hydrogen-bond acceptors (Lipinski definition) is 3. The van der Waals surface area contributed by atoms with E-state index < -0.39 is 0 Å². The van der Waals surface area contributed by atoms with Crippen LogP contribution in [0.5, 0.6) is 0 Å². The molecule has 110 valence electrons. The molecular weight excluding hydrogens is 252 g/mol. The summed E-state index contributed by atoms with van der Waals surface area (Å²) in [5, 5.41) is 3.43. The van der Waals surface area contributed by atoms with Gasteiger partial charge in [0.1, 0.15) is 12.4 Å². The molecule has 0 spiro atoms. The van der Waals surface area contributed by atoms with E-state index in [1.54, 1.807) is 6.26 Å². The van der Waals surface area contributed by atoms with Gasteiger partial charge in [-0.2, -0.15) is 0 Å². The van der Waals surface area contributed by atoms with Crippen LogP contribution in [0.4, 0.5) is 0 Å². The topological polar surface area (TPSA) is 39.3 Å². The molecule has 0 saturated heterocycles. The van der Waals surface area contributed by atoms with Crippen LogP contribution in [0.15, 0.2) is 41.3 Å². The molecule has 0 unspecified atom stereocenters. The van der Waals surface area contributed by atoms with Crippen molar-refractivity contribution in [2.24, 2.45) is 0 Å². The fourth-order valence-electron chi connectivity index (χ4n) is 2.09. The lowest BCUT2D eigenvalue weighted by Gasteiger charge is -2.04. The van der Waals surface area contributed by atoms with Crippen molar-refractivity contribution in [2.45, 2.75) is 39.5 Å². The molecule has 0 bridgehead atoms. The van der Waals surface area contributed by atoms with Gasteiger partial charge < -0.3 is 19.0 Å². The maximum Gasteiger partial charge on any atom is 0.129 e. The maximum atomic E-state index is 5.53.